The maximum Gasteiger partial charge on any atom is 0.227 e. The molecule has 2 N–H and O–H groups in total. The maximum absolute atomic E-state index is 4.63. The van der Waals surface area contributed by atoms with Crippen molar-refractivity contribution in [1.82, 2.24) is 25.1 Å². The lowest BCUT2D eigenvalue weighted by Gasteiger charge is -2.32. The molecule has 3 heterocycles. The van der Waals surface area contributed by atoms with Gasteiger partial charge in [0.05, 0.1) is 5.69 Å². The summed E-state index contributed by atoms with van der Waals surface area (Å²) in [6, 6.07) is 8.63. The Morgan fingerprint density at radius 2 is 1.92 bits per heavy atom. The lowest BCUT2D eigenvalue weighted by Crippen LogP contribution is -2.43. The molecule has 1 aromatic heterocycles. The van der Waals surface area contributed by atoms with Gasteiger partial charge in [0.1, 0.15) is 0 Å². The quantitative estimate of drug-likeness (QED) is 0.883. The van der Waals surface area contributed by atoms with Crippen molar-refractivity contribution in [3.05, 3.63) is 47.3 Å². The minimum absolute atomic E-state index is 0.675. The summed E-state index contributed by atoms with van der Waals surface area (Å²) in [7, 11) is 2.19. The van der Waals surface area contributed by atoms with E-state index < -0.39 is 0 Å². The van der Waals surface area contributed by atoms with E-state index in [0.29, 0.717) is 5.95 Å². The number of aromatic nitrogens is 2. The summed E-state index contributed by atoms with van der Waals surface area (Å²) in [5.41, 5.74) is 4.75. The van der Waals surface area contributed by atoms with Gasteiger partial charge in [-0.15, -0.1) is 0 Å². The lowest BCUT2D eigenvalue weighted by molar-refractivity contribution is 0.148. The highest BCUT2D eigenvalue weighted by Gasteiger charge is 2.14. The van der Waals surface area contributed by atoms with E-state index in [2.05, 4.69) is 61.7 Å². The molecule has 2 aliphatic rings. The number of nitrogens with zero attached hydrogens (tertiary/aromatic N) is 4. The van der Waals surface area contributed by atoms with Crippen LogP contribution in [-0.2, 0) is 19.5 Å². The number of fused-ring (bicyclic) bond motifs is 1. The largest absolute Gasteiger partial charge is 0.324 e. The zero-order chi connectivity index (χ0) is 17.1. The molecule has 0 radical (unpaired) electrons. The number of piperazine rings is 1. The molecule has 132 valence electrons. The molecule has 0 bridgehead atoms. The van der Waals surface area contributed by atoms with E-state index in [1.807, 2.05) is 6.20 Å². The van der Waals surface area contributed by atoms with Gasteiger partial charge in [0, 0.05) is 51.2 Å². The zero-order valence-corrected chi connectivity index (χ0v) is 14.8. The molecular weight excluding hydrogens is 312 g/mol. The second kappa shape index (κ2) is 7.47. The third-order valence-electron chi connectivity index (χ3n) is 5.03. The summed E-state index contributed by atoms with van der Waals surface area (Å²) in [6.07, 6.45) is 2.96. The average molecular weight is 338 g/mol. The minimum Gasteiger partial charge on any atom is -0.324 e. The number of hydrogen-bond acceptors (Lipinski definition) is 6. The van der Waals surface area contributed by atoms with E-state index >= 15 is 0 Å². The van der Waals surface area contributed by atoms with E-state index in [-0.39, 0.29) is 0 Å². The van der Waals surface area contributed by atoms with Crippen molar-refractivity contribution in [3.8, 4) is 0 Å². The second-order valence-electron chi connectivity index (χ2n) is 6.99. The number of anilines is 2. The highest BCUT2D eigenvalue weighted by Crippen LogP contribution is 2.18. The minimum atomic E-state index is 0.675. The first-order valence-corrected chi connectivity index (χ1v) is 9.09. The molecule has 0 atom stereocenters. The van der Waals surface area contributed by atoms with Gasteiger partial charge < -0.3 is 15.5 Å². The van der Waals surface area contributed by atoms with Crippen LogP contribution < -0.4 is 10.6 Å². The van der Waals surface area contributed by atoms with Crippen LogP contribution in [0, 0.1) is 0 Å². The fraction of sp³-hybridized carbons (Fsp3) is 0.474. The lowest BCUT2D eigenvalue weighted by atomic mass is 10.1. The normalized spacial score (nSPS) is 18.8. The van der Waals surface area contributed by atoms with Crippen LogP contribution in [0.5, 0.6) is 0 Å². The summed E-state index contributed by atoms with van der Waals surface area (Å²) in [4.78, 5) is 14.0. The Balaban J connectivity index is 1.37. The third kappa shape index (κ3) is 4.15. The number of likely N-dealkylation sites (N-methyl/N-ethyl adjacent to an activating group) is 1. The molecule has 0 spiro atoms. The van der Waals surface area contributed by atoms with Gasteiger partial charge >= 0.3 is 0 Å². The van der Waals surface area contributed by atoms with Crippen LogP contribution in [-0.4, -0.2) is 59.5 Å². The Bertz CT molecular complexity index is 706. The highest BCUT2D eigenvalue weighted by molar-refractivity contribution is 5.54. The molecule has 2 aliphatic heterocycles. The first-order chi connectivity index (χ1) is 12.3. The van der Waals surface area contributed by atoms with Gasteiger partial charge in [-0.3, -0.25) is 4.90 Å². The molecule has 4 rings (SSSR count). The topological polar surface area (TPSA) is 56.3 Å². The molecule has 6 nitrogen and oxygen atoms in total. The Morgan fingerprint density at radius 1 is 1.12 bits per heavy atom. The van der Waals surface area contributed by atoms with Gasteiger partial charge in [0.15, 0.2) is 0 Å². The maximum atomic E-state index is 4.63. The Labute approximate surface area is 149 Å². The third-order valence-corrected chi connectivity index (χ3v) is 5.03. The molecule has 1 saturated heterocycles. The summed E-state index contributed by atoms with van der Waals surface area (Å²) >= 11 is 0. The summed E-state index contributed by atoms with van der Waals surface area (Å²) in [5.74, 6) is 0.675. The SMILES string of the molecule is CN1CCN(Cc2ccc(Nc3ncc4c(n3)CNCC4)cc2)CC1. The molecule has 0 unspecified atom stereocenters. The van der Waals surface area contributed by atoms with Crippen LogP contribution in [0.2, 0.25) is 0 Å². The van der Waals surface area contributed by atoms with Gasteiger partial charge in [-0.1, -0.05) is 12.1 Å². The van der Waals surface area contributed by atoms with Gasteiger partial charge in [0.2, 0.25) is 5.95 Å². The van der Waals surface area contributed by atoms with E-state index in [4.69, 9.17) is 0 Å². The second-order valence-corrected chi connectivity index (χ2v) is 6.99. The predicted octanol–water partition coefficient (Wildman–Crippen LogP) is 1.61. The van der Waals surface area contributed by atoms with Crippen molar-refractivity contribution >= 4 is 11.6 Å². The van der Waals surface area contributed by atoms with Crippen molar-refractivity contribution in [2.45, 2.75) is 19.5 Å². The van der Waals surface area contributed by atoms with E-state index in [1.165, 1.54) is 11.1 Å². The van der Waals surface area contributed by atoms with Crippen LogP contribution in [0.4, 0.5) is 11.6 Å². The van der Waals surface area contributed by atoms with Crippen LogP contribution in [0.3, 0.4) is 0 Å². The van der Waals surface area contributed by atoms with Crippen LogP contribution >= 0.6 is 0 Å². The highest BCUT2D eigenvalue weighted by atomic mass is 15.2. The van der Waals surface area contributed by atoms with Gasteiger partial charge in [-0.25, -0.2) is 9.97 Å². The van der Waals surface area contributed by atoms with E-state index in [1.54, 1.807) is 0 Å². The Hall–Kier alpha value is -2.02. The van der Waals surface area contributed by atoms with Gasteiger partial charge in [-0.05, 0) is 43.3 Å². The standard InChI is InChI=1S/C19H26N6/c1-24-8-10-25(11-9-24)14-15-2-4-17(5-3-15)22-19-21-12-16-6-7-20-13-18(16)23-19/h2-5,12,20H,6-11,13-14H2,1H3,(H,21,22,23). The smallest absolute Gasteiger partial charge is 0.227 e. The van der Waals surface area contributed by atoms with Crippen molar-refractivity contribution < 1.29 is 0 Å². The van der Waals surface area contributed by atoms with E-state index in [9.17, 15) is 0 Å². The molecule has 1 fully saturated rings. The summed E-state index contributed by atoms with van der Waals surface area (Å²) < 4.78 is 0. The molecular formula is C19H26N6. The van der Waals surface area contributed by atoms with Crippen LogP contribution in [0.1, 0.15) is 16.8 Å². The summed E-state index contributed by atoms with van der Waals surface area (Å²) in [5, 5.41) is 6.68. The number of rotatable bonds is 4. The van der Waals surface area contributed by atoms with Crippen molar-refractivity contribution in [3.63, 3.8) is 0 Å². The fourth-order valence-electron chi connectivity index (χ4n) is 3.38. The Kier molecular flexibility index (Phi) is 4.92. The van der Waals surface area contributed by atoms with Gasteiger partial charge in [0.25, 0.3) is 0 Å². The average Bonchev–Trinajstić information content (AvgIpc) is 2.65. The van der Waals surface area contributed by atoms with Crippen molar-refractivity contribution in [2.24, 2.45) is 0 Å². The first-order valence-electron chi connectivity index (χ1n) is 9.09. The molecule has 25 heavy (non-hydrogen) atoms. The van der Waals surface area contributed by atoms with Crippen molar-refractivity contribution in [2.75, 3.05) is 45.1 Å². The van der Waals surface area contributed by atoms with E-state index in [0.717, 1.165) is 63.6 Å². The number of nitrogens with one attached hydrogen (secondary N) is 2. The van der Waals surface area contributed by atoms with Crippen LogP contribution in [0.15, 0.2) is 30.5 Å². The molecule has 1 aromatic carbocycles. The van der Waals surface area contributed by atoms with Crippen LogP contribution in [0.25, 0.3) is 0 Å². The van der Waals surface area contributed by atoms with Crippen molar-refractivity contribution in [1.29, 1.82) is 0 Å². The molecule has 0 aliphatic carbocycles. The zero-order valence-electron chi connectivity index (χ0n) is 14.8. The predicted molar refractivity (Wildman–Crippen MR) is 99.9 cm³/mol. The fourth-order valence-corrected chi connectivity index (χ4v) is 3.38. The Morgan fingerprint density at radius 3 is 2.72 bits per heavy atom. The summed E-state index contributed by atoms with van der Waals surface area (Å²) in [6.45, 7) is 7.47. The monoisotopic (exact) mass is 338 g/mol. The first kappa shape index (κ1) is 16.4. The molecule has 0 saturated carbocycles. The molecule has 6 heteroatoms. The number of hydrogen-bond donors (Lipinski definition) is 2. The molecule has 2 aromatic rings. The molecule has 0 amide bonds. The van der Waals surface area contributed by atoms with Gasteiger partial charge in [-0.2, -0.15) is 0 Å². The number of benzene rings is 1.